The number of aromatic nitrogens is 2. The molecule has 0 bridgehead atoms. The molecule has 0 fully saturated rings. The first-order chi connectivity index (χ1) is 10.1. The number of hydrogen-bond acceptors (Lipinski definition) is 4. The van der Waals surface area contributed by atoms with Crippen molar-refractivity contribution in [2.45, 2.75) is 45.7 Å². The zero-order valence-electron chi connectivity index (χ0n) is 12.9. The summed E-state index contributed by atoms with van der Waals surface area (Å²) in [5.74, 6) is 0.316. The molecule has 2 rings (SSSR count). The van der Waals surface area contributed by atoms with E-state index < -0.39 is 0 Å². The fourth-order valence-corrected chi connectivity index (χ4v) is 2.48. The molecule has 0 radical (unpaired) electrons. The number of aryl methyl sites for hydroxylation is 2. The third-order valence-electron chi connectivity index (χ3n) is 3.67. The highest BCUT2D eigenvalue weighted by Crippen LogP contribution is 2.15. The second-order valence-electron chi connectivity index (χ2n) is 5.52. The van der Waals surface area contributed by atoms with Crippen LogP contribution in [0.25, 0.3) is 0 Å². The Labute approximate surface area is 126 Å². The van der Waals surface area contributed by atoms with Crippen molar-refractivity contribution < 1.29 is 5.11 Å². The number of phenols is 1. The van der Waals surface area contributed by atoms with Crippen LogP contribution in [0.5, 0.6) is 5.75 Å². The molecule has 0 aliphatic rings. The molecule has 0 spiro atoms. The van der Waals surface area contributed by atoms with Crippen LogP contribution in [0.3, 0.4) is 0 Å². The summed E-state index contributed by atoms with van der Waals surface area (Å²) in [7, 11) is 0. The lowest BCUT2D eigenvalue weighted by molar-refractivity contribution is 0.447. The Hall–Kier alpha value is -1.94. The van der Waals surface area contributed by atoms with E-state index in [1.54, 1.807) is 24.5 Å². The van der Waals surface area contributed by atoms with Crippen LogP contribution in [0.1, 0.15) is 43.3 Å². The van der Waals surface area contributed by atoms with Crippen molar-refractivity contribution in [3.05, 3.63) is 53.6 Å². The van der Waals surface area contributed by atoms with E-state index in [0.717, 1.165) is 24.2 Å². The SMILES string of the molecule is Cc1nccnc1C(C)NC(C)CCc1ccc(O)cc1. The zero-order valence-corrected chi connectivity index (χ0v) is 12.9. The molecule has 1 aromatic heterocycles. The maximum atomic E-state index is 9.28. The van der Waals surface area contributed by atoms with Crippen LogP contribution < -0.4 is 5.32 Å². The van der Waals surface area contributed by atoms with Gasteiger partial charge in [0.15, 0.2) is 0 Å². The van der Waals surface area contributed by atoms with Gasteiger partial charge in [0.1, 0.15) is 5.75 Å². The highest BCUT2D eigenvalue weighted by molar-refractivity contribution is 5.26. The summed E-state index contributed by atoms with van der Waals surface area (Å²) in [6.45, 7) is 6.29. The van der Waals surface area contributed by atoms with E-state index in [9.17, 15) is 5.11 Å². The molecule has 2 aromatic rings. The minimum absolute atomic E-state index is 0.188. The molecular weight excluding hydrogens is 262 g/mol. The van der Waals surface area contributed by atoms with Gasteiger partial charge in [0, 0.05) is 24.5 Å². The van der Waals surface area contributed by atoms with Gasteiger partial charge in [-0.05, 0) is 51.3 Å². The summed E-state index contributed by atoms with van der Waals surface area (Å²) in [6, 6.07) is 7.98. The first kappa shape index (κ1) is 15.4. The normalized spacial score (nSPS) is 13.9. The van der Waals surface area contributed by atoms with Crippen LogP contribution in [0.15, 0.2) is 36.7 Å². The van der Waals surface area contributed by atoms with E-state index in [0.29, 0.717) is 11.8 Å². The summed E-state index contributed by atoms with van der Waals surface area (Å²) < 4.78 is 0. The number of nitrogens with one attached hydrogen (secondary N) is 1. The van der Waals surface area contributed by atoms with E-state index >= 15 is 0 Å². The van der Waals surface area contributed by atoms with Crippen LogP contribution >= 0.6 is 0 Å². The Morgan fingerprint density at radius 3 is 2.43 bits per heavy atom. The molecule has 4 heteroatoms. The fraction of sp³-hybridized carbons (Fsp3) is 0.412. The lowest BCUT2D eigenvalue weighted by Crippen LogP contribution is -2.30. The molecule has 0 amide bonds. The molecule has 2 unspecified atom stereocenters. The molecule has 0 aliphatic carbocycles. The summed E-state index contributed by atoms with van der Waals surface area (Å²) in [5.41, 5.74) is 3.22. The minimum Gasteiger partial charge on any atom is -0.508 e. The van der Waals surface area contributed by atoms with Gasteiger partial charge in [0.25, 0.3) is 0 Å². The maximum Gasteiger partial charge on any atom is 0.115 e. The Morgan fingerprint density at radius 1 is 1.10 bits per heavy atom. The fourth-order valence-electron chi connectivity index (χ4n) is 2.48. The molecule has 0 saturated carbocycles. The van der Waals surface area contributed by atoms with Crippen molar-refractivity contribution in [1.82, 2.24) is 15.3 Å². The van der Waals surface area contributed by atoms with Crippen LogP contribution in [-0.4, -0.2) is 21.1 Å². The molecule has 21 heavy (non-hydrogen) atoms. The van der Waals surface area contributed by atoms with E-state index in [4.69, 9.17) is 0 Å². The second-order valence-corrected chi connectivity index (χ2v) is 5.52. The van der Waals surface area contributed by atoms with Crippen molar-refractivity contribution in [1.29, 1.82) is 0 Å². The minimum atomic E-state index is 0.188. The Morgan fingerprint density at radius 2 is 1.76 bits per heavy atom. The van der Waals surface area contributed by atoms with Crippen molar-refractivity contribution in [3.63, 3.8) is 0 Å². The van der Waals surface area contributed by atoms with Gasteiger partial charge in [-0.1, -0.05) is 12.1 Å². The Bertz CT molecular complexity index is 569. The average molecular weight is 285 g/mol. The molecule has 1 aromatic carbocycles. The van der Waals surface area contributed by atoms with Crippen LogP contribution in [-0.2, 0) is 6.42 Å². The van der Waals surface area contributed by atoms with Crippen molar-refractivity contribution in [2.24, 2.45) is 0 Å². The van der Waals surface area contributed by atoms with Gasteiger partial charge in [-0.3, -0.25) is 9.97 Å². The summed E-state index contributed by atoms with van der Waals surface area (Å²) in [4.78, 5) is 8.69. The van der Waals surface area contributed by atoms with Gasteiger partial charge >= 0.3 is 0 Å². The van der Waals surface area contributed by atoms with Gasteiger partial charge in [-0.2, -0.15) is 0 Å². The predicted octanol–water partition coefficient (Wildman–Crippen LogP) is 3.16. The topological polar surface area (TPSA) is 58.0 Å². The monoisotopic (exact) mass is 285 g/mol. The molecule has 1 heterocycles. The summed E-state index contributed by atoms with van der Waals surface area (Å²) in [5, 5.41) is 12.8. The molecule has 2 atom stereocenters. The number of nitrogens with zero attached hydrogens (tertiary/aromatic N) is 2. The number of phenolic OH excluding ortho intramolecular Hbond substituents is 1. The first-order valence-corrected chi connectivity index (χ1v) is 7.37. The van der Waals surface area contributed by atoms with Gasteiger partial charge in [0.05, 0.1) is 11.4 Å². The van der Waals surface area contributed by atoms with Gasteiger partial charge in [-0.15, -0.1) is 0 Å². The van der Waals surface area contributed by atoms with Crippen LogP contribution in [0.4, 0.5) is 0 Å². The third kappa shape index (κ3) is 4.53. The van der Waals surface area contributed by atoms with E-state index in [2.05, 4.69) is 29.1 Å². The quantitative estimate of drug-likeness (QED) is 0.856. The lowest BCUT2D eigenvalue weighted by Gasteiger charge is -2.20. The van der Waals surface area contributed by atoms with Crippen molar-refractivity contribution in [2.75, 3.05) is 0 Å². The Kier molecular flexibility index (Phi) is 5.28. The zero-order chi connectivity index (χ0) is 15.2. The Balaban J connectivity index is 1.85. The maximum absolute atomic E-state index is 9.28. The second kappa shape index (κ2) is 7.18. The van der Waals surface area contributed by atoms with Gasteiger partial charge in [-0.25, -0.2) is 0 Å². The third-order valence-corrected chi connectivity index (χ3v) is 3.67. The molecule has 0 saturated heterocycles. The molecule has 112 valence electrons. The number of aromatic hydroxyl groups is 1. The van der Waals surface area contributed by atoms with Gasteiger partial charge in [0.2, 0.25) is 0 Å². The standard InChI is InChI=1S/C17H23N3O/c1-12(4-5-15-6-8-16(21)9-7-15)20-14(3)17-13(2)18-10-11-19-17/h6-12,14,20-21H,4-5H2,1-3H3. The van der Waals surface area contributed by atoms with E-state index in [1.165, 1.54) is 5.56 Å². The van der Waals surface area contributed by atoms with Crippen LogP contribution in [0.2, 0.25) is 0 Å². The first-order valence-electron chi connectivity index (χ1n) is 7.37. The average Bonchev–Trinajstić information content (AvgIpc) is 2.47. The van der Waals surface area contributed by atoms with Crippen LogP contribution in [0, 0.1) is 6.92 Å². The van der Waals surface area contributed by atoms with E-state index in [1.807, 2.05) is 19.1 Å². The highest BCUT2D eigenvalue weighted by atomic mass is 16.3. The number of benzene rings is 1. The molecule has 4 nitrogen and oxygen atoms in total. The molecule has 0 aliphatic heterocycles. The summed E-state index contributed by atoms with van der Waals surface area (Å²) >= 11 is 0. The highest BCUT2D eigenvalue weighted by Gasteiger charge is 2.13. The smallest absolute Gasteiger partial charge is 0.115 e. The van der Waals surface area contributed by atoms with E-state index in [-0.39, 0.29) is 6.04 Å². The lowest BCUT2D eigenvalue weighted by atomic mass is 10.0. The predicted molar refractivity (Wildman–Crippen MR) is 84.2 cm³/mol. The van der Waals surface area contributed by atoms with Gasteiger partial charge < -0.3 is 10.4 Å². The van der Waals surface area contributed by atoms with Crippen molar-refractivity contribution >= 4 is 0 Å². The molecule has 2 N–H and O–H groups in total. The summed E-state index contributed by atoms with van der Waals surface area (Å²) in [6.07, 6.45) is 5.48. The number of hydrogen-bond donors (Lipinski definition) is 2. The molecular formula is C17H23N3O. The van der Waals surface area contributed by atoms with Crippen molar-refractivity contribution in [3.8, 4) is 5.75 Å². The number of rotatable bonds is 6. The largest absolute Gasteiger partial charge is 0.508 e.